The van der Waals surface area contributed by atoms with Gasteiger partial charge >= 0.3 is 6.18 Å². The summed E-state index contributed by atoms with van der Waals surface area (Å²) in [5, 5.41) is 6.53. The van der Waals surface area contributed by atoms with Gasteiger partial charge in [-0.2, -0.15) is 18.2 Å². The van der Waals surface area contributed by atoms with Crippen LogP contribution in [0.3, 0.4) is 0 Å². The van der Waals surface area contributed by atoms with Gasteiger partial charge in [0.05, 0.1) is 5.56 Å². The molecule has 120 valence electrons. The Morgan fingerprint density at radius 3 is 2.73 bits per heavy atom. The highest BCUT2D eigenvalue weighted by Crippen LogP contribution is 2.33. The Bertz CT molecular complexity index is 610. The topological polar surface area (TPSA) is 63.8 Å². The van der Waals surface area contributed by atoms with Crippen LogP contribution in [0.1, 0.15) is 43.5 Å². The Labute approximate surface area is 125 Å². The second-order valence-electron chi connectivity index (χ2n) is 5.13. The molecule has 2 aromatic heterocycles. The van der Waals surface area contributed by atoms with Crippen LogP contribution in [-0.4, -0.2) is 21.7 Å². The molecule has 0 aliphatic carbocycles. The van der Waals surface area contributed by atoms with E-state index in [1.165, 1.54) is 12.3 Å². The van der Waals surface area contributed by atoms with Gasteiger partial charge in [-0.3, -0.25) is 0 Å². The molecule has 22 heavy (non-hydrogen) atoms. The summed E-state index contributed by atoms with van der Waals surface area (Å²) in [5.74, 6) is 1.14. The van der Waals surface area contributed by atoms with Crippen molar-refractivity contribution in [3.63, 3.8) is 0 Å². The summed E-state index contributed by atoms with van der Waals surface area (Å²) in [5.41, 5.74) is -0.769. The predicted octanol–water partition coefficient (Wildman–Crippen LogP) is 3.65. The van der Waals surface area contributed by atoms with Crippen molar-refractivity contribution in [3.8, 4) is 0 Å². The molecule has 0 aromatic carbocycles. The lowest BCUT2D eigenvalue weighted by molar-refractivity contribution is -0.137. The molecule has 0 unspecified atom stereocenters. The van der Waals surface area contributed by atoms with Crippen LogP contribution in [0.25, 0.3) is 0 Å². The number of aromatic nitrogens is 3. The quantitative estimate of drug-likeness (QED) is 0.825. The van der Waals surface area contributed by atoms with Crippen LogP contribution in [0, 0.1) is 0 Å². The standard InChI is InChI=1S/C14H17F3N4O/c1-9(2)12-20-11(22-21-12)6-4-8-19-13-10(14(15,16)17)5-3-7-18-13/h3,5,7,9H,4,6,8H2,1-2H3,(H,18,19). The molecular weight excluding hydrogens is 297 g/mol. The molecule has 5 nitrogen and oxygen atoms in total. The molecular formula is C14H17F3N4O. The van der Waals surface area contributed by atoms with Crippen molar-refractivity contribution < 1.29 is 17.7 Å². The van der Waals surface area contributed by atoms with Crippen molar-refractivity contribution in [1.29, 1.82) is 0 Å². The number of anilines is 1. The number of hydrogen-bond acceptors (Lipinski definition) is 5. The third-order valence-electron chi connectivity index (χ3n) is 2.97. The lowest BCUT2D eigenvalue weighted by atomic mass is 10.2. The Balaban J connectivity index is 1.86. The van der Waals surface area contributed by atoms with Gasteiger partial charge in [0, 0.05) is 25.1 Å². The number of nitrogens with one attached hydrogen (secondary N) is 1. The average Bonchev–Trinajstić information content (AvgIpc) is 2.92. The molecule has 0 aliphatic heterocycles. The molecule has 2 heterocycles. The predicted molar refractivity (Wildman–Crippen MR) is 74.4 cm³/mol. The largest absolute Gasteiger partial charge is 0.419 e. The van der Waals surface area contributed by atoms with Gasteiger partial charge in [0.2, 0.25) is 5.89 Å². The van der Waals surface area contributed by atoms with Crippen LogP contribution in [0.15, 0.2) is 22.9 Å². The molecule has 0 amide bonds. The third kappa shape index (κ3) is 4.19. The summed E-state index contributed by atoms with van der Waals surface area (Å²) in [4.78, 5) is 7.94. The molecule has 1 N–H and O–H groups in total. The van der Waals surface area contributed by atoms with Crippen LogP contribution in [0.2, 0.25) is 0 Å². The molecule has 0 bridgehead atoms. The average molecular weight is 314 g/mol. The zero-order valence-electron chi connectivity index (χ0n) is 12.3. The monoisotopic (exact) mass is 314 g/mol. The van der Waals surface area contributed by atoms with Crippen LogP contribution in [0.5, 0.6) is 0 Å². The van der Waals surface area contributed by atoms with Crippen LogP contribution >= 0.6 is 0 Å². The number of nitrogens with zero attached hydrogens (tertiary/aromatic N) is 3. The Hall–Kier alpha value is -2.12. The number of rotatable bonds is 6. The van der Waals surface area contributed by atoms with E-state index in [4.69, 9.17) is 4.52 Å². The summed E-state index contributed by atoms with van der Waals surface area (Å²) in [6.45, 7) is 4.24. The summed E-state index contributed by atoms with van der Waals surface area (Å²) < 4.78 is 43.4. The van der Waals surface area contributed by atoms with Gasteiger partial charge in [-0.05, 0) is 18.6 Å². The lowest BCUT2D eigenvalue weighted by Gasteiger charge is -2.12. The van der Waals surface area contributed by atoms with E-state index in [1.54, 1.807) is 0 Å². The first-order chi connectivity index (χ1) is 10.4. The van der Waals surface area contributed by atoms with Crippen molar-refractivity contribution in [2.24, 2.45) is 0 Å². The van der Waals surface area contributed by atoms with Crippen molar-refractivity contribution in [2.45, 2.75) is 38.8 Å². The molecule has 8 heteroatoms. The van der Waals surface area contributed by atoms with Crippen LogP contribution in [-0.2, 0) is 12.6 Å². The van der Waals surface area contributed by atoms with Gasteiger partial charge in [0.25, 0.3) is 0 Å². The number of alkyl halides is 3. The van der Waals surface area contributed by atoms with Crippen LogP contribution < -0.4 is 5.32 Å². The number of halogens is 3. The first-order valence-electron chi connectivity index (χ1n) is 6.96. The van der Waals surface area contributed by atoms with Gasteiger partial charge in [0.1, 0.15) is 5.82 Å². The molecule has 2 rings (SSSR count). The Morgan fingerprint density at radius 2 is 2.09 bits per heavy atom. The fraction of sp³-hybridized carbons (Fsp3) is 0.500. The van der Waals surface area contributed by atoms with Gasteiger partial charge in [-0.25, -0.2) is 4.98 Å². The maximum atomic E-state index is 12.8. The van der Waals surface area contributed by atoms with Gasteiger partial charge in [-0.15, -0.1) is 0 Å². The molecule has 0 spiro atoms. The van der Waals surface area contributed by atoms with Crippen molar-refractivity contribution in [1.82, 2.24) is 15.1 Å². The van der Waals surface area contributed by atoms with E-state index in [1.807, 2.05) is 13.8 Å². The number of aryl methyl sites for hydroxylation is 1. The van der Waals surface area contributed by atoms with Crippen LogP contribution in [0.4, 0.5) is 19.0 Å². The normalized spacial score (nSPS) is 11.9. The minimum atomic E-state index is -4.42. The first-order valence-corrected chi connectivity index (χ1v) is 6.96. The summed E-state index contributed by atoms with van der Waals surface area (Å²) in [6, 6.07) is 2.27. The highest BCUT2D eigenvalue weighted by Gasteiger charge is 2.33. The molecule has 0 saturated carbocycles. The molecule has 2 aromatic rings. The minimum Gasteiger partial charge on any atom is -0.370 e. The second-order valence-corrected chi connectivity index (χ2v) is 5.13. The van der Waals surface area contributed by atoms with E-state index in [-0.39, 0.29) is 11.7 Å². The number of pyridine rings is 1. The molecule has 0 radical (unpaired) electrons. The van der Waals surface area contributed by atoms with Gasteiger partial charge in [0.15, 0.2) is 5.82 Å². The second kappa shape index (κ2) is 6.76. The molecule has 0 aliphatic rings. The molecule has 0 saturated heterocycles. The molecule has 0 atom stereocenters. The van der Waals surface area contributed by atoms with Gasteiger partial charge < -0.3 is 9.84 Å². The first kappa shape index (κ1) is 16.3. The highest BCUT2D eigenvalue weighted by molar-refractivity contribution is 5.45. The van der Waals surface area contributed by atoms with Crippen molar-refractivity contribution in [2.75, 3.05) is 11.9 Å². The fourth-order valence-corrected chi connectivity index (χ4v) is 1.83. The summed E-state index contributed by atoms with van der Waals surface area (Å²) in [7, 11) is 0. The van der Waals surface area contributed by atoms with E-state index < -0.39 is 11.7 Å². The highest BCUT2D eigenvalue weighted by atomic mass is 19.4. The zero-order chi connectivity index (χ0) is 16.2. The number of hydrogen-bond donors (Lipinski definition) is 1. The van der Waals surface area contributed by atoms with E-state index in [2.05, 4.69) is 20.4 Å². The summed E-state index contributed by atoms with van der Waals surface area (Å²) in [6.07, 6.45) is -2.03. The van der Waals surface area contributed by atoms with Gasteiger partial charge in [-0.1, -0.05) is 19.0 Å². The Morgan fingerprint density at radius 1 is 1.32 bits per heavy atom. The van der Waals surface area contributed by atoms with E-state index in [0.717, 1.165) is 6.07 Å². The molecule has 0 fully saturated rings. The zero-order valence-corrected chi connectivity index (χ0v) is 12.3. The van der Waals surface area contributed by atoms with Crippen molar-refractivity contribution >= 4 is 5.82 Å². The van der Waals surface area contributed by atoms with E-state index in [0.29, 0.717) is 31.1 Å². The van der Waals surface area contributed by atoms with Crippen molar-refractivity contribution in [3.05, 3.63) is 35.6 Å². The fourth-order valence-electron chi connectivity index (χ4n) is 1.83. The minimum absolute atomic E-state index is 0.164. The lowest BCUT2D eigenvalue weighted by Crippen LogP contribution is -2.13. The smallest absolute Gasteiger partial charge is 0.370 e. The maximum Gasteiger partial charge on any atom is 0.419 e. The van der Waals surface area contributed by atoms with E-state index in [9.17, 15) is 13.2 Å². The summed E-state index contributed by atoms with van der Waals surface area (Å²) >= 11 is 0. The third-order valence-corrected chi connectivity index (χ3v) is 2.97. The van der Waals surface area contributed by atoms with E-state index >= 15 is 0 Å². The maximum absolute atomic E-state index is 12.8. The Kier molecular flexibility index (Phi) is 4.99. The SMILES string of the molecule is CC(C)c1noc(CCCNc2ncccc2C(F)(F)F)n1.